The Balaban J connectivity index is 1.73. The van der Waals surface area contributed by atoms with E-state index < -0.39 is 18.0 Å². The van der Waals surface area contributed by atoms with Gasteiger partial charge in [-0.3, -0.25) is 4.79 Å². The lowest BCUT2D eigenvalue weighted by Gasteiger charge is -2.13. The van der Waals surface area contributed by atoms with Gasteiger partial charge in [0.1, 0.15) is 10.9 Å². The fourth-order valence-electron chi connectivity index (χ4n) is 2.34. The van der Waals surface area contributed by atoms with Gasteiger partial charge in [0, 0.05) is 10.1 Å². The molecule has 0 aliphatic heterocycles. The molecule has 0 spiro atoms. The van der Waals surface area contributed by atoms with Gasteiger partial charge >= 0.3 is 5.97 Å². The van der Waals surface area contributed by atoms with Crippen LogP contribution in [0.1, 0.15) is 22.2 Å². The number of rotatable bonds is 4. The molecule has 1 amide bonds. The number of hydrogen-bond donors (Lipinski definition) is 1. The van der Waals surface area contributed by atoms with E-state index in [4.69, 9.17) is 21.6 Å². The van der Waals surface area contributed by atoms with E-state index in [0.29, 0.717) is 16.3 Å². The third-order valence-corrected chi connectivity index (χ3v) is 5.33. The number of halogens is 1. The van der Waals surface area contributed by atoms with E-state index in [0.717, 1.165) is 10.1 Å². The van der Waals surface area contributed by atoms with Gasteiger partial charge in [0.25, 0.3) is 5.91 Å². The molecule has 0 aliphatic carbocycles. The average molecular weight is 385 g/mol. The number of nitrogens with zero attached hydrogens (tertiary/aromatic N) is 1. The van der Waals surface area contributed by atoms with E-state index in [-0.39, 0.29) is 4.88 Å². The van der Waals surface area contributed by atoms with E-state index >= 15 is 0 Å². The molecule has 0 aliphatic rings. The van der Waals surface area contributed by atoms with E-state index in [9.17, 15) is 9.59 Å². The summed E-state index contributed by atoms with van der Waals surface area (Å²) in [7, 11) is 0. The van der Waals surface area contributed by atoms with Crippen LogP contribution in [0.2, 0.25) is 5.02 Å². The zero-order valence-electron chi connectivity index (χ0n) is 13.7. The first-order valence-corrected chi connectivity index (χ1v) is 8.88. The number of fused-ring (bicyclic) bond motifs is 1. The second-order valence-electron chi connectivity index (χ2n) is 5.44. The second-order valence-corrected chi connectivity index (χ2v) is 6.87. The zero-order valence-corrected chi connectivity index (χ0v) is 15.2. The molecule has 7 heteroatoms. The molecule has 3 rings (SSSR count). The number of carbonyl (C=O) groups is 2. The number of esters is 1. The highest BCUT2D eigenvalue weighted by atomic mass is 35.5. The van der Waals surface area contributed by atoms with E-state index in [2.05, 4.69) is 5.32 Å². The fourth-order valence-corrected chi connectivity index (χ4v) is 3.73. The normalized spacial score (nSPS) is 11.6. The van der Waals surface area contributed by atoms with Crippen molar-refractivity contribution in [3.05, 3.63) is 64.0 Å². The smallest absolute Gasteiger partial charge is 0.350 e. The van der Waals surface area contributed by atoms with Gasteiger partial charge in [0.2, 0.25) is 0 Å². The lowest BCUT2D eigenvalue weighted by Crippen LogP contribution is -2.30. The number of amides is 1. The Labute approximate surface area is 158 Å². The lowest BCUT2D eigenvalue weighted by atomic mass is 10.2. The van der Waals surface area contributed by atoms with Gasteiger partial charge in [-0.2, -0.15) is 5.26 Å². The van der Waals surface area contributed by atoms with Crippen LogP contribution in [-0.2, 0) is 9.53 Å². The number of thiophene rings is 1. The third-order valence-electron chi connectivity index (χ3n) is 3.68. The first-order valence-electron chi connectivity index (χ1n) is 7.69. The summed E-state index contributed by atoms with van der Waals surface area (Å²) < 4.78 is 6.11. The lowest BCUT2D eigenvalue weighted by molar-refractivity contribution is -0.123. The predicted molar refractivity (Wildman–Crippen MR) is 101 cm³/mol. The van der Waals surface area contributed by atoms with Crippen molar-refractivity contribution in [2.24, 2.45) is 0 Å². The van der Waals surface area contributed by atoms with Crippen LogP contribution in [0.3, 0.4) is 0 Å². The first-order chi connectivity index (χ1) is 12.5. The van der Waals surface area contributed by atoms with Crippen LogP contribution in [0, 0.1) is 11.3 Å². The van der Waals surface area contributed by atoms with Crippen molar-refractivity contribution in [3.63, 3.8) is 0 Å². The summed E-state index contributed by atoms with van der Waals surface area (Å²) in [5.41, 5.74) is 0.690. The number of anilines is 1. The standard InChI is InChI=1S/C19H13ClN2O3S/c1-11(18(23)22-14-8-4-2-6-12(14)10-21)25-19(24)17-16(20)13-7-3-5-9-15(13)26-17/h2-9,11H,1H3,(H,22,23)/t11-/m1/s1. The molecule has 0 radical (unpaired) electrons. The molecule has 2 aromatic carbocycles. The van der Waals surface area contributed by atoms with Crippen molar-refractivity contribution < 1.29 is 14.3 Å². The maximum Gasteiger partial charge on any atom is 0.350 e. The molecule has 1 heterocycles. The van der Waals surface area contributed by atoms with E-state index in [1.807, 2.05) is 30.3 Å². The fraction of sp³-hybridized carbons (Fsp3) is 0.105. The summed E-state index contributed by atoms with van der Waals surface area (Å²) in [6.07, 6.45) is -1.05. The van der Waals surface area contributed by atoms with Gasteiger partial charge < -0.3 is 10.1 Å². The number of ether oxygens (including phenoxy) is 1. The second kappa shape index (κ2) is 7.56. The molecule has 1 atom stereocenters. The largest absolute Gasteiger partial charge is 0.448 e. The van der Waals surface area contributed by atoms with Crippen LogP contribution in [0.4, 0.5) is 5.69 Å². The third kappa shape index (κ3) is 3.54. The molecule has 0 fully saturated rings. The number of nitrogens with one attached hydrogen (secondary N) is 1. The molecule has 5 nitrogen and oxygen atoms in total. The minimum Gasteiger partial charge on any atom is -0.448 e. The van der Waals surface area contributed by atoms with Crippen LogP contribution in [0.15, 0.2) is 48.5 Å². The maximum atomic E-state index is 12.4. The Kier molecular flexibility index (Phi) is 5.21. The van der Waals surface area contributed by atoms with Crippen LogP contribution in [0.5, 0.6) is 0 Å². The Morgan fingerprint density at radius 1 is 1.19 bits per heavy atom. The number of benzene rings is 2. The molecule has 0 unspecified atom stereocenters. The highest BCUT2D eigenvalue weighted by Crippen LogP contribution is 2.35. The molecule has 0 saturated heterocycles. The minimum absolute atomic E-state index is 0.255. The summed E-state index contributed by atoms with van der Waals surface area (Å²) in [5, 5.41) is 12.7. The minimum atomic E-state index is -1.05. The summed E-state index contributed by atoms with van der Waals surface area (Å²) in [6, 6.07) is 15.9. The highest BCUT2D eigenvalue weighted by Gasteiger charge is 2.24. The van der Waals surface area contributed by atoms with Gasteiger partial charge in [-0.15, -0.1) is 11.3 Å². The van der Waals surface area contributed by atoms with Gasteiger partial charge in [0.15, 0.2) is 6.10 Å². The van der Waals surface area contributed by atoms with Crippen molar-refractivity contribution >= 4 is 50.6 Å². The summed E-state index contributed by atoms with van der Waals surface area (Å²) in [5.74, 6) is -1.19. The van der Waals surface area contributed by atoms with Gasteiger partial charge in [0.05, 0.1) is 16.3 Å². The molecule has 1 aromatic heterocycles. The van der Waals surface area contributed by atoms with Gasteiger partial charge in [-0.05, 0) is 25.1 Å². The first kappa shape index (κ1) is 17.9. The molecule has 1 N–H and O–H groups in total. The average Bonchev–Trinajstić information content (AvgIpc) is 2.99. The molecule has 26 heavy (non-hydrogen) atoms. The Morgan fingerprint density at radius 2 is 1.88 bits per heavy atom. The Hall–Kier alpha value is -2.88. The topological polar surface area (TPSA) is 79.2 Å². The highest BCUT2D eigenvalue weighted by molar-refractivity contribution is 7.21. The van der Waals surface area contributed by atoms with Crippen LogP contribution < -0.4 is 5.32 Å². The van der Waals surface area contributed by atoms with E-state index in [1.54, 1.807) is 24.3 Å². The SMILES string of the molecule is C[C@@H](OC(=O)c1sc2ccccc2c1Cl)C(=O)Nc1ccccc1C#N. The predicted octanol–water partition coefficient (Wildman–Crippen LogP) is 4.61. The van der Waals surface area contributed by atoms with E-state index in [1.165, 1.54) is 18.3 Å². The van der Waals surface area contributed by atoms with Crippen molar-refractivity contribution in [3.8, 4) is 6.07 Å². The summed E-state index contributed by atoms with van der Waals surface area (Å²) in [4.78, 5) is 24.9. The molecule has 130 valence electrons. The van der Waals surface area contributed by atoms with Crippen molar-refractivity contribution in [2.45, 2.75) is 13.0 Å². The number of carbonyl (C=O) groups excluding carboxylic acids is 2. The Morgan fingerprint density at radius 3 is 2.62 bits per heavy atom. The Bertz CT molecular complexity index is 1040. The van der Waals surface area contributed by atoms with Crippen molar-refractivity contribution in [1.29, 1.82) is 5.26 Å². The molecular formula is C19H13ClN2O3S. The van der Waals surface area contributed by atoms with Crippen molar-refractivity contribution in [2.75, 3.05) is 5.32 Å². The quantitative estimate of drug-likeness (QED) is 0.666. The van der Waals surface area contributed by atoms with Crippen LogP contribution in [-0.4, -0.2) is 18.0 Å². The maximum absolute atomic E-state index is 12.4. The molecule has 0 saturated carbocycles. The van der Waals surface area contributed by atoms with Gasteiger partial charge in [-0.1, -0.05) is 41.9 Å². The number of nitriles is 1. The molecule has 0 bridgehead atoms. The van der Waals surface area contributed by atoms with Crippen molar-refractivity contribution in [1.82, 2.24) is 0 Å². The van der Waals surface area contributed by atoms with Crippen LogP contribution in [0.25, 0.3) is 10.1 Å². The van der Waals surface area contributed by atoms with Crippen LogP contribution >= 0.6 is 22.9 Å². The molecule has 3 aromatic rings. The summed E-state index contributed by atoms with van der Waals surface area (Å²) >= 11 is 7.47. The number of para-hydroxylation sites is 1. The number of hydrogen-bond acceptors (Lipinski definition) is 5. The monoisotopic (exact) mass is 384 g/mol. The molecular weight excluding hydrogens is 372 g/mol. The zero-order chi connectivity index (χ0) is 18.7. The van der Waals surface area contributed by atoms with Gasteiger partial charge in [-0.25, -0.2) is 4.79 Å². The summed E-state index contributed by atoms with van der Waals surface area (Å²) in [6.45, 7) is 1.46.